The predicted octanol–water partition coefficient (Wildman–Crippen LogP) is 2.83. The third-order valence-electron chi connectivity index (χ3n) is 3.84. The lowest BCUT2D eigenvalue weighted by atomic mass is 10.1. The molecule has 0 fully saturated rings. The van der Waals surface area contributed by atoms with Gasteiger partial charge < -0.3 is 28.0 Å². The Hall–Kier alpha value is -2.72. The van der Waals surface area contributed by atoms with E-state index in [0.717, 1.165) is 7.11 Å². The maximum atomic E-state index is 11.3. The summed E-state index contributed by atoms with van der Waals surface area (Å²) in [6.45, 7) is 0. The molecule has 12 nitrogen and oxygen atoms in total. The molecular weight excluding hydrogens is 470 g/mol. The van der Waals surface area contributed by atoms with Crippen LogP contribution in [0.2, 0.25) is 0 Å². The maximum absolute atomic E-state index is 11.3. The zero-order chi connectivity index (χ0) is 24.1. The fraction of sp³-hybridized carbons (Fsp3) is 0.222. The van der Waals surface area contributed by atoms with Crippen LogP contribution in [-0.2, 0) is 9.13 Å². The van der Waals surface area contributed by atoms with E-state index in [1.165, 1.54) is 39.5 Å². The molecule has 0 aliphatic heterocycles. The Bertz CT molecular complexity index is 1020. The van der Waals surface area contributed by atoms with Crippen molar-refractivity contribution in [2.24, 2.45) is 0 Å². The minimum atomic E-state index is -5.03. The Balaban J connectivity index is 2.58. The summed E-state index contributed by atoms with van der Waals surface area (Å²) < 4.78 is 52.6. The van der Waals surface area contributed by atoms with E-state index < -0.39 is 32.9 Å². The maximum Gasteiger partial charge on any atom is 0.524 e. The molecule has 176 valence electrons. The summed E-state index contributed by atoms with van der Waals surface area (Å²) in [5.74, 6) is -0.241. The van der Waals surface area contributed by atoms with Gasteiger partial charge in [0.15, 0.2) is 23.0 Å². The molecule has 0 radical (unpaired) electrons. The molecule has 0 aliphatic carbocycles. The van der Waals surface area contributed by atoms with Crippen molar-refractivity contribution in [2.45, 2.75) is 0 Å². The number of phosphoric ester groups is 2. The zero-order valence-electron chi connectivity index (χ0n) is 17.4. The van der Waals surface area contributed by atoms with Gasteiger partial charge in [0.05, 0.1) is 28.4 Å². The highest BCUT2D eigenvalue weighted by Gasteiger charge is 2.26. The lowest BCUT2D eigenvalue weighted by molar-refractivity contribution is 0.267. The van der Waals surface area contributed by atoms with Crippen molar-refractivity contribution in [3.8, 4) is 34.5 Å². The van der Waals surface area contributed by atoms with Gasteiger partial charge >= 0.3 is 15.6 Å². The van der Waals surface area contributed by atoms with Gasteiger partial charge in [0.2, 0.25) is 11.5 Å². The molecule has 0 spiro atoms. The van der Waals surface area contributed by atoms with Crippen LogP contribution >= 0.6 is 15.6 Å². The van der Waals surface area contributed by atoms with Gasteiger partial charge in [0.1, 0.15) is 0 Å². The normalized spacial score (nSPS) is 11.9. The van der Waals surface area contributed by atoms with E-state index in [9.17, 15) is 9.13 Å². The Morgan fingerprint density at radius 2 is 0.906 bits per heavy atom. The van der Waals surface area contributed by atoms with Gasteiger partial charge in [-0.15, -0.1) is 0 Å². The van der Waals surface area contributed by atoms with Crippen LogP contribution in [-0.4, -0.2) is 48.0 Å². The molecule has 0 atom stereocenters. The predicted molar refractivity (Wildman–Crippen MR) is 113 cm³/mol. The topological polar surface area (TPSA) is 170 Å². The number of benzene rings is 2. The van der Waals surface area contributed by atoms with Crippen LogP contribution < -0.4 is 28.0 Å². The minimum absolute atomic E-state index is 0.214. The highest BCUT2D eigenvalue weighted by atomic mass is 31.2. The van der Waals surface area contributed by atoms with Crippen LogP contribution in [0.15, 0.2) is 24.3 Å². The van der Waals surface area contributed by atoms with E-state index in [0.29, 0.717) is 22.8 Å². The van der Waals surface area contributed by atoms with E-state index in [-0.39, 0.29) is 5.56 Å². The third kappa shape index (κ3) is 6.89. The first kappa shape index (κ1) is 25.5. The Kier molecular flexibility index (Phi) is 8.19. The molecule has 32 heavy (non-hydrogen) atoms. The van der Waals surface area contributed by atoms with Gasteiger partial charge in [0, 0.05) is 0 Å². The first-order valence-electron chi connectivity index (χ1n) is 8.61. The Morgan fingerprint density at radius 1 is 0.594 bits per heavy atom. The van der Waals surface area contributed by atoms with Crippen LogP contribution in [0.25, 0.3) is 12.2 Å². The zero-order valence-corrected chi connectivity index (χ0v) is 19.2. The van der Waals surface area contributed by atoms with Crippen molar-refractivity contribution in [3.05, 3.63) is 35.4 Å². The number of hydrogen-bond donors (Lipinski definition) is 4. The summed E-state index contributed by atoms with van der Waals surface area (Å²) in [6.07, 6.45) is 3.05. The standard InChI is InChI=1S/C18H22O12P2/c1-25-13-7-11(8-14(26-2)17(13)27-3)5-6-12-9-15(29-31(19,20)21)18(28-4)16(10-12)30-32(22,23)24/h5-10H,1-4H3,(H2,19,20,21)(H2,22,23,24)/b6-5-. The van der Waals surface area contributed by atoms with Crippen LogP contribution in [0, 0.1) is 0 Å². The second-order valence-corrected chi connectivity index (χ2v) is 8.33. The van der Waals surface area contributed by atoms with Gasteiger partial charge in [-0.25, -0.2) is 9.13 Å². The molecule has 0 bridgehead atoms. The second-order valence-electron chi connectivity index (χ2n) is 6.01. The Morgan fingerprint density at radius 3 is 1.19 bits per heavy atom. The first-order valence-corrected chi connectivity index (χ1v) is 11.7. The summed E-state index contributed by atoms with van der Waals surface area (Å²) in [5, 5.41) is 0. The van der Waals surface area contributed by atoms with Crippen LogP contribution in [0.4, 0.5) is 0 Å². The van der Waals surface area contributed by atoms with E-state index in [1.807, 2.05) is 0 Å². The smallest absolute Gasteiger partial charge is 0.493 e. The fourth-order valence-corrected chi connectivity index (χ4v) is 3.46. The van der Waals surface area contributed by atoms with E-state index in [1.54, 1.807) is 18.2 Å². The number of rotatable bonds is 10. The molecule has 2 aromatic rings. The van der Waals surface area contributed by atoms with Crippen molar-refractivity contribution in [1.82, 2.24) is 0 Å². The first-order chi connectivity index (χ1) is 14.9. The Labute approximate surface area is 183 Å². The summed E-state index contributed by atoms with van der Waals surface area (Å²) in [4.78, 5) is 36.6. The summed E-state index contributed by atoms with van der Waals surface area (Å²) in [7, 11) is -4.59. The van der Waals surface area contributed by atoms with Crippen molar-refractivity contribution in [3.63, 3.8) is 0 Å². The highest BCUT2D eigenvalue weighted by molar-refractivity contribution is 7.47. The fourth-order valence-electron chi connectivity index (χ4n) is 2.68. The van der Waals surface area contributed by atoms with Crippen LogP contribution in [0.3, 0.4) is 0 Å². The van der Waals surface area contributed by atoms with Crippen LogP contribution in [0.5, 0.6) is 34.5 Å². The molecule has 0 saturated heterocycles. The summed E-state index contributed by atoms with van der Waals surface area (Å²) in [6, 6.07) is 5.67. The third-order valence-corrected chi connectivity index (χ3v) is 4.71. The number of phosphoric acid groups is 2. The van der Waals surface area contributed by atoms with Gasteiger partial charge in [-0.05, 0) is 35.4 Å². The summed E-state index contributed by atoms with van der Waals surface area (Å²) >= 11 is 0. The largest absolute Gasteiger partial charge is 0.524 e. The van der Waals surface area contributed by atoms with Crippen molar-refractivity contribution in [2.75, 3.05) is 28.4 Å². The van der Waals surface area contributed by atoms with Crippen molar-refractivity contribution < 1.29 is 56.7 Å². The summed E-state index contributed by atoms with van der Waals surface area (Å²) in [5.41, 5.74) is 0.802. The number of ether oxygens (including phenoxy) is 4. The van der Waals surface area contributed by atoms with Gasteiger partial charge in [-0.2, -0.15) is 0 Å². The van der Waals surface area contributed by atoms with Crippen molar-refractivity contribution >= 4 is 27.8 Å². The monoisotopic (exact) mass is 492 g/mol. The number of methoxy groups -OCH3 is 4. The van der Waals surface area contributed by atoms with Gasteiger partial charge in [-0.3, -0.25) is 19.6 Å². The molecule has 0 unspecified atom stereocenters. The molecule has 0 amide bonds. The van der Waals surface area contributed by atoms with E-state index in [4.69, 9.17) is 38.5 Å². The molecule has 4 N–H and O–H groups in total. The molecule has 0 aliphatic rings. The SMILES string of the molecule is COc1cc(/C=C\c2cc(OP(=O)(O)O)c(OC)c(OP(=O)(O)O)c2)cc(OC)c1OC. The van der Waals surface area contributed by atoms with Gasteiger partial charge in [-0.1, -0.05) is 12.2 Å². The lowest BCUT2D eigenvalue weighted by Crippen LogP contribution is -1.99. The average Bonchev–Trinajstić information content (AvgIpc) is 2.68. The average molecular weight is 492 g/mol. The molecular formula is C18H22O12P2. The quantitative estimate of drug-likeness (QED) is 0.283. The molecule has 0 heterocycles. The van der Waals surface area contributed by atoms with E-state index in [2.05, 4.69) is 9.05 Å². The second kappa shape index (κ2) is 10.3. The molecule has 0 aromatic heterocycles. The van der Waals surface area contributed by atoms with Gasteiger partial charge in [0.25, 0.3) is 0 Å². The van der Waals surface area contributed by atoms with Crippen molar-refractivity contribution in [1.29, 1.82) is 0 Å². The number of hydrogen-bond acceptors (Lipinski definition) is 8. The molecule has 0 saturated carbocycles. The lowest BCUT2D eigenvalue weighted by Gasteiger charge is -2.16. The molecule has 14 heteroatoms. The van der Waals surface area contributed by atoms with Crippen LogP contribution in [0.1, 0.15) is 11.1 Å². The molecule has 2 aromatic carbocycles. The minimum Gasteiger partial charge on any atom is -0.493 e. The van der Waals surface area contributed by atoms with E-state index >= 15 is 0 Å². The molecule has 2 rings (SSSR count). The highest BCUT2D eigenvalue weighted by Crippen LogP contribution is 2.50.